The molecule has 3 N–H and O–H groups in total. The Morgan fingerprint density at radius 3 is 1.83 bits per heavy atom. The first kappa shape index (κ1) is 29.6. The summed E-state index contributed by atoms with van der Waals surface area (Å²) in [6, 6.07) is 15.6. The van der Waals surface area contributed by atoms with Gasteiger partial charge in [-0.3, -0.25) is 4.79 Å². The lowest BCUT2D eigenvalue weighted by atomic mass is 9.85. The Balaban J connectivity index is 0.000000168. The highest BCUT2D eigenvalue weighted by molar-refractivity contribution is 5.82. The minimum absolute atomic E-state index is 0.163. The number of aliphatic hydroxyl groups is 1. The summed E-state index contributed by atoms with van der Waals surface area (Å²) in [6.45, 7) is 0.519. The van der Waals surface area contributed by atoms with Crippen LogP contribution in [0.15, 0.2) is 73.6 Å². The summed E-state index contributed by atoms with van der Waals surface area (Å²) in [6.07, 6.45) is 18.1. The molecule has 2 aliphatic rings. The van der Waals surface area contributed by atoms with Crippen LogP contribution in [0.4, 0.5) is 0 Å². The molecule has 0 aliphatic heterocycles. The van der Waals surface area contributed by atoms with Crippen LogP contribution in [0.1, 0.15) is 64.2 Å². The molecule has 6 rings (SSSR count). The van der Waals surface area contributed by atoms with Gasteiger partial charge < -0.3 is 24.5 Å². The number of aromatic nitrogens is 4. The van der Waals surface area contributed by atoms with Crippen LogP contribution < -0.4 is 9.47 Å². The van der Waals surface area contributed by atoms with E-state index in [9.17, 15) is 9.90 Å². The Morgan fingerprint density at radius 1 is 0.762 bits per heavy atom. The number of aliphatic hydroxyl groups excluding tert-OH is 1. The Morgan fingerprint density at radius 2 is 1.29 bits per heavy atom. The highest BCUT2D eigenvalue weighted by Gasteiger charge is 2.23. The maximum atomic E-state index is 12.2. The minimum atomic E-state index is -0.375. The molecule has 0 amide bonds. The molecule has 0 saturated heterocycles. The van der Waals surface area contributed by atoms with Gasteiger partial charge in [0.15, 0.2) is 5.78 Å². The first-order valence-electron chi connectivity index (χ1n) is 15.3. The van der Waals surface area contributed by atoms with Gasteiger partial charge in [-0.2, -0.15) is 0 Å². The van der Waals surface area contributed by atoms with Gasteiger partial charge in [-0.15, -0.1) is 0 Å². The molecule has 2 saturated carbocycles. The standard InChI is InChI=1S/C17H22N2O2.C17H20N2O2/c2*20-16(13-6-2-1-3-7-13)11-21-17-9-5-4-8-14(17)15-10-18-12-19-15/h4-5,8-10,12-13,16,20H,1-3,6-7,11H2,(H,18,19);4-5,8-10,12-13H,1-3,6-7,11H2,(H,18,19). The van der Waals surface area contributed by atoms with Crippen LogP contribution in [-0.4, -0.2) is 50.1 Å². The normalized spacial score (nSPS) is 16.7. The number of carbonyl (C=O) groups is 1. The number of para-hydroxylation sites is 2. The molecule has 2 fully saturated rings. The molecule has 2 aromatic heterocycles. The molecule has 0 radical (unpaired) electrons. The van der Waals surface area contributed by atoms with Gasteiger partial charge in [0.05, 0.1) is 42.5 Å². The number of imidazole rings is 2. The molecular weight excluding hydrogens is 528 g/mol. The zero-order chi connectivity index (χ0) is 29.0. The second kappa shape index (κ2) is 15.4. The van der Waals surface area contributed by atoms with Gasteiger partial charge in [0, 0.05) is 17.0 Å². The number of ether oxygens (including phenoxy) is 2. The van der Waals surface area contributed by atoms with Crippen LogP contribution in [0.5, 0.6) is 11.5 Å². The fourth-order valence-electron chi connectivity index (χ4n) is 5.96. The van der Waals surface area contributed by atoms with E-state index in [1.165, 1.54) is 38.5 Å². The number of hydrogen-bond acceptors (Lipinski definition) is 6. The van der Waals surface area contributed by atoms with Gasteiger partial charge in [-0.25, -0.2) is 9.97 Å². The number of aromatic amines is 2. The van der Waals surface area contributed by atoms with Crippen molar-refractivity contribution in [2.45, 2.75) is 70.3 Å². The first-order valence-corrected chi connectivity index (χ1v) is 15.3. The molecule has 222 valence electrons. The van der Waals surface area contributed by atoms with Crippen LogP contribution in [0, 0.1) is 11.8 Å². The fourth-order valence-corrected chi connectivity index (χ4v) is 5.96. The average molecular weight is 571 g/mol. The van der Waals surface area contributed by atoms with Gasteiger partial charge >= 0.3 is 0 Å². The van der Waals surface area contributed by atoms with E-state index in [1.54, 1.807) is 25.0 Å². The molecule has 2 aromatic carbocycles. The van der Waals surface area contributed by atoms with Crippen molar-refractivity contribution >= 4 is 5.78 Å². The summed E-state index contributed by atoms with van der Waals surface area (Å²) >= 11 is 0. The topological polar surface area (TPSA) is 113 Å². The number of H-pyrrole nitrogens is 2. The number of rotatable bonds is 10. The summed E-state index contributed by atoms with van der Waals surface area (Å²) in [7, 11) is 0. The maximum Gasteiger partial charge on any atom is 0.173 e. The van der Waals surface area contributed by atoms with Crippen LogP contribution in [0.25, 0.3) is 22.5 Å². The van der Waals surface area contributed by atoms with E-state index in [-0.39, 0.29) is 24.4 Å². The predicted octanol–water partition coefficient (Wildman–Crippen LogP) is 7.00. The van der Waals surface area contributed by atoms with E-state index < -0.39 is 0 Å². The first-order chi connectivity index (χ1) is 20.7. The third-order valence-electron chi connectivity index (χ3n) is 8.38. The van der Waals surface area contributed by atoms with E-state index in [1.807, 2.05) is 48.5 Å². The maximum absolute atomic E-state index is 12.2. The largest absolute Gasteiger partial charge is 0.490 e. The molecule has 42 heavy (non-hydrogen) atoms. The zero-order valence-electron chi connectivity index (χ0n) is 24.2. The Hall–Kier alpha value is -3.91. The zero-order valence-corrected chi connectivity index (χ0v) is 24.2. The molecule has 1 unspecified atom stereocenters. The van der Waals surface area contributed by atoms with Crippen molar-refractivity contribution in [3.05, 3.63) is 73.6 Å². The third kappa shape index (κ3) is 8.10. The van der Waals surface area contributed by atoms with Crippen molar-refractivity contribution < 1.29 is 19.4 Å². The van der Waals surface area contributed by atoms with Crippen molar-refractivity contribution in [3.63, 3.8) is 0 Å². The lowest BCUT2D eigenvalue weighted by Crippen LogP contribution is -2.28. The minimum Gasteiger partial charge on any atom is -0.490 e. The molecule has 4 aromatic rings. The second-order valence-corrected chi connectivity index (χ2v) is 11.3. The van der Waals surface area contributed by atoms with Crippen LogP contribution in [-0.2, 0) is 4.79 Å². The van der Waals surface area contributed by atoms with Crippen molar-refractivity contribution in [2.24, 2.45) is 11.8 Å². The molecule has 8 nitrogen and oxygen atoms in total. The van der Waals surface area contributed by atoms with Crippen LogP contribution >= 0.6 is 0 Å². The van der Waals surface area contributed by atoms with Crippen molar-refractivity contribution in [1.29, 1.82) is 0 Å². The second-order valence-electron chi connectivity index (χ2n) is 11.3. The van der Waals surface area contributed by atoms with E-state index >= 15 is 0 Å². The molecule has 0 bridgehead atoms. The molecule has 2 aliphatic carbocycles. The molecule has 0 spiro atoms. The van der Waals surface area contributed by atoms with Crippen molar-refractivity contribution in [1.82, 2.24) is 19.9 Å². The average Bonchev–Trinajstić information content (AvgIpc) is 3.80. The monoisotopic (exact) mass is 570 g/mol. The van der Waals surface area contributed by atoms with Gasteiger partial charge in [0.25, 0.3) is 0 Å². The van der Waals surface area contributed by atoms with Crippen molar-refractivity contribution in [2.75, 3.05) is 13.2 Å². The number of Topliss-reactive ketones (excluding diaryl/α,β-unsaturated/α-hetero) is 1. The summed E-state index contributed by atoms with van der Waals surface area (Å²) in [5.41, 5.74) is 3.74. The quantitative estimate of drug-likeness (QED) is 0.189. The molecule has 2 heterocycles. The van der Waals surface area contributed by atoms with Gasteiger partial charge in [-0.1, -0.05) is 62.8 Å². The van der Waals surface area contributed by atoms with E-state index in [0.717, 1.165) is 59.7 Å². The molecule has 1 atom stereocenters. The summed E-state index contributed by atoms with van der Waals surface area (Å²) < 4.78 is 11.7. The number of benzene rings is 2. The number of hydrogen-bond donors (Lipinski definition) is 3. The summed E-state index contributed by atoms with van der Waals surface area (Å²) in [5.74, 6) is 2.33. The van der Waals surface area contributed by atoms with Crippen LogP contribution in [0.3, 0.4) is 0 Å². The van der Waals surface area contributed by atoms with Crippen molar-refractivity contribution in [3.8, 4) is 34.0 Å². The van der Waals surface area contributed by atoms with Crippen LogP contribution in [0.2, 0.25) is 0 Å². The smallest absolute Gasteiger partial charge is 0.173 e. The summed E-state index contributed by atoms with van der Waals surface area (Å²) in [5, 5.41) is 10.3. The highest BCUT2D eigenvalue weighted by Crippen LogP contribution is 2.31. The predicted molar refractivity (Wildman–Crippen MR) is 163 cm³/mol. The SMILES string of the molecule is O=C(COc1ccccc1-c1cnc[nH]1)C1CCCCC1.OC(COc1ccccc1-c1cnc[nH]1)C1CCCCC1. The van der Waals surface area contributed by atoms with Gasteiger partial charge in [0.1, 0.15) is 24.7 Å². The Labute approximate surface area is 247 Å². The molecular formula is C34H42N4O4. The van der Waals surface area contributed by atoms with E-state index in [2.05, 4.69) is 19.9 Å². The van der Waals surface area contributed by atoms with E-state index in [0.29, 0.717) is 12.5 Å². The number of nitrogens with zero attached hydrogens (tertiary/aromatic N) is 2. The number of carbonyl (C=O) groups excluding carboxylic acids is 1. The molecule has 8 heteroatoms. The Kier molecular flexibility index (Phi) is 10.8. The Bertz CT molecular complexity index is 1340. The van der Waals surface area contributed by atoms with E-state index in [4.69, 9.17) is 9.47 Å². The van der Waals surface area contributed by atoms with Gasteiger partial charge in [0.2, 0.25) is 0 Å². The summed E-state index contributed by atoms with van der Waals surface area (Å²) in [4.78, 5) is 26.5. The lowest BCUT2D eigenvalue weighted by Gasteiger charge is -2.26. The third-order valence-corrected chi connectivity index (χ3v) is 8.38. The lowest BCUT2D eigenvalue weighted by molar-refractivity contribution is -0.125. The fraction of sp³-hybridized carbons (Fsp3) is 0.441. The van der Waals surface area contributed by atoms with Gasteiger partial charge in [-0.05, 0) is 55.9 Å². The number of nitrogens with one attached hydrogen (secondary N) is 2. The number of ketones is 1. The highest BCUT2D eigenvalue weighted by atomic mass is 16.5.